The molecule has 0 atom stereocenters. The van der Waals surface area contributed by atoms with Gasteiger partial charge in [-0.3, -0.25) is 5.84 Å². The standard InChI is InChI=1S/C8H11ClN2O/c1-5-7(12-2)4-3-6(9)8(5)11-10/h3-4,11H,10H2,1-2H3. The summed E-state index contributed by atoms with van der Waals surface area (Å²) in [7, 11) is 1.61. The molecule has 0 spiro atoms. The van der Waals surface area contributed by atoms with Gasteiger partial charge in [-0.1, -0.05) is 11.6 Å². The molecule has 0 bridgehead atoms. The Kier molecular flexibility index (Phi) is 2.78. The minimum atomic E-state index is 0.593. The van der Waals surface area contributed by atoms with Crippen LogP contribution in [0.3, 0.4) is 0 Å². The van der Waals surface area contributed by atoms with Gasteiger partial charge in [-0.25, -0.2) is 0 Å². The number of ether oxygens (including phenoxy) is 1. The van der Waals surface area contributed by atoms with E-state index in [9.17, 15) is 0 Å². The number of hydrogen-bond acceptors (Lipinski definition) is 3. The number of nitrogens with two attached hydrogens (primary N) is 1. The van der Waals surface area contributed by atoms with E-state index in [-0.39, 0.29) is 0 Å². The maximum absolute atomic E-state index is 5.86. The van der Waals surface area contributed by atoms with Crippen LogP contribution in [0.1, 0.15) is 5.56 Å². The normalized spacial score (nSPS) is 9.67. The van der Waals surface area contributed by atoms with Crippen LogP contribution < -0.4 is 16.0 Å². The number of halogens is 1. The Morgan fingerprint density at radius 1 is 1.50 bits per heavy atom. The molecule has 1 aromatic rings. The third-order valence-corrected chi connectivity index (χ3v) is 2.04. The lowest BCUT2D eigenvalue weighted by Gasteiger charge is -2.10. The zero-order valence-corrected chi connectivity index (χ0v) is 7.77. The van der Waals surface area contributed by atoms with Gasteiger partial charge in [0.25, 0.3) is 0 Å². The SMILES string of the molecule is COc1ccc(Cl)c(NN)c1C. The first-order chi connectivity index (χ1) is 5.70. The predicted molar refractivity (Wildman–Crippen MR) is 50.6 cm³/mol. The lowest BCUT2D eigenvalue weighted by atomic mass is 10.2. The topological polar surface area (TPSA) is 47.3 Å². The van der Waals surface area contributed by atoms with E-state index in [1.807, 2.05) is 6.92 Å². The molecule has 0 saturated heterocycles. The zero-order chi connectivity index (χ0) is 9.14. The van der Waals surface area contributed by atoms with E-state index in [2.05, 4.69) is 5.43 Å². The minimum Gasteiger partial charge on any atom is -0.496 e. The summed E-state index contributed by atoms with van der Waals surface area (Å²) in [5.41, 5.74) is 4.14. The minimum absolute atomic E-state index is 0.593. The molecular formula is C8H11ClN2O. The molecule has 3 N–H and O–H groups in total. The average Bonchev–Trinajstić information content (AvgIpc) is 2.06. The van der Waals surface area contributed by atoms with Crippen LogP contribution in [0, 0.1) is 6.92 Å². The molecule has 0 heterocycles. The van der Waals surface area contributed by atoms with Crippen molar-refractivity contribution < 1.29 is 4.74 Å². The molecule has 1 aromatic carbocycles. The fraction of sp³-hybridized carbons (Fsp3) is 0.250. The summed E-state index contributed by atoms with van der Waals surface area (Å²) >= 11 is 5.86. The predicted octanol–water partition coefficient (Wildman–Crippen LogP) is 1.94. The van der Waals surface area contributed by atoms with E-state index >= 15 is 0 Å². The quantitative estimate of drug-likeness (QED) is 0.548. The summed E-state index contributed by atoms with van der Waals surface area (Å²) in [5, 5.41) is 0.593. The number of methoxy groups -OCH3 is 1. The first-order valence-electron chi connectivity index (χ1n) is 3.50. The molecule has 66 valence electrons. The van der Waals surface area contributed by atoms with E-state index in [4.69, 9.17) is 22.2 Å². The third kappa shape index (κ3) is 1.47. The molecule has 3 nitrogen and oxygen atoms in total. The number of anilines is 1. The van der Waals surface area contributed by atoms with Crippen LogP contribution >= 0.6 is 11.6 Å². The average molecular weight is 187 g/mol. The lowest BCUT2D eigenvalue weighted by molar-refractivity contribution is 0.412. The number of nitrogens with one attached hydrogen (secondary N) is 1. The van der Waals surface area contributed by atoms with Gasteiger partial charge < -0.3 is 10.2 Å². The Labute approximate surface area is 76.4 Å². The van der Waals surface area contributed by atoms with E-state index in [0.717, 1.165) is 11.3 Å². The number of benzene rings is 1. The molecule has 0 aromatic heterocycles. The number of nitrogen functional groups attached to an aromatic ring is 1. The van der Waals surface area contributed by atoms with Gasteiger partial charge in [-0.05, 0) is 19.1 Å². The summed E-state index contributed by atoms with van der Waals surface area (Å²) in [6, 6.07) is 3.54. The molecule has 0 aliphatic carbocycles. The van der Waals surface area contributed by atoms with E-state index in [1.165, 1.54) is 0 Å². The highest BCUT2D eigenvalue weighted by molar-refractivity contribution is 6.33. The molecule has 0 aliphatic rings. The molecule has 12 heavy (non-hydrogen) atoms. The number of rotatable bonds is 2. The molecular weight excluding hydrogens is 176 g/mol. The van der Waals surface area contributed by atoms with Crippen molar-refractivity contribution in [3.63, 3.8) is 0 Å². The largest absolute Gasteiger partial charge is 0.496 e. The van der Waals surface area contributed by atoms with Crippen molar-refractivity contribution in [3.05, 3.63) is 22.7 Å². The van der Waals surface area contributed by atoms with Crippen LogP contribution in [0.15, 0.2) is 12.1 Å². The Morgan fingerprint density at radius 2 is 2.17 bits per heavy atom. The van der Waals surface area contributed by atoms with E-state index < -0.39 is 0 Å². The fourth-order valence-electron chi connectivity index (χ4n) is 1.06. The summed E-state index contributed by atoms with van der Waals surface area (Å²) in [6.45, 7) is 1.89. The molecule has 0 radical (unpaired) electrons. The van der Waals surface area contributed by atoms with E-state index in [0.29, 0.717) is 10.7 Å². The monoisotopic (exact) mass is 186 g/mol. The van der Waals surface area contributed by atoms with Crippen LogP contribution in [0.5, 0.6) is 5.75 Å². The molecule has 0 aliphatic heterocycles. The third-order valence-electron chi connectivity index (χ3n) is 1.73. The molecule has 0 saturated carbocycles. The highest BCUT2D eigenvalue weighted by Crippen LogP contribution is 2.31. The smallest absolute Gasteiger partial charge is 0.123 e. The van der Waals surface area contributed by atoms with Gasteiger partial charge in [0.05, 0.1) is 17.8 Å². The first-order valence-corrected chi connectivity index (χ1v) is 3.88. The maximum atomic E-state index is 5.86. The Balaban J connectivity index is 3.24. The van der Waals surface area contributed by atoms with Gasteiger partial charge in [0, 0.05) is 5.56 Å². The van der Waals surface area contributed by atoms with Crippen LogP contribution in [0.2, 0.25) is 5.02 Å². The maximum Gasteiger partial charge on any atom is 0.123 e. The van der Waals surface area contributed by atoms with Gasteiger partial charge in [-0.2, -0.15) is 0 Å². The fourth-order valence-corrected chi connectivity index (χ4v) is 1.32. The molecule has 0 unspecified atom stereocenters. The highest BCUT2D eigenvalue weighted by atomic mass is 35.5. The second kappa shape index (κ2) is 3.65. The molecule has 0 fully saturated rings. The van der Waals surface area contributed by atoms with Gasteiger partial charge in [-0.15, -0.1) is 0 Å². The van der Waals surface area contributed by atoms with Crippen molar-refractivity contribution in [1.82, 2.24) is 0 Å². The van der Waals surface area contributed by atoms with Gasteiger partial charge in [0.15, 0.2) is 0 Å². The van der Waals surface area contributed by atoms with Crippen molar-refractivity contribution in [1.29, 1.82) is 0 Å². The summed E-state index contributed by atoms with van der Waals surface area (Å²) in [5.74, 6) is 6.06. The number of hydrazine groups is 1. The van der Waals surface area contributed by atoms with Crippen LogP contribution in [-0.2, 0) is 0 Å². The van der Waals surface area contributed by atoms with Gasteiger partial charge in [0.1, 0.15) is 5.75 Å². The Morgan fingerprint density at radius 3 is 2.67 bits per heavy atom. The Hall–Kier alpha value is -0.930. The summed E-state index contributed by atoms with van der Waals surface area (Å²) in [6.07, 6.45) is 0. The molecule has 4 heteroatoms. The van der Waals surface area contributed by atoms with Gasteiger partial charge >= 0.3 is 0 Å². The summed E-state index contributed by atoms with van der Waals surface area (Å²) < 4.78 is 5.09. The van der Waals surface area contributed by atoms with Crippen LogP contribution in [0.4, 0.5) is 5.69 Å². The Bertz CT molecular complexity index is 289. The van der Waals surface area contributed by atoms with Crippen molar-refractivity contribution in [3.8, 4) is 5.75 Å². The van der Waals surface area contributed by atoms with Gasteiger partial charge in [0.2, 0.25) is 0 Å². The zero-order valence-electron chi connectivity index (χ0n) is 7.02. The summed E-state index contributed by atoms with van der Waals surface area (Å²) in [4.78, 5) is 0. The highest BCUT2D eigenvalue weighted by Gasteiger charge is 2.06. The second-order valence-electron chi connectivity index (χ2n) is 2.39. The van der Waals surface area contributed by atoms with Crippen LogP contribution in [0.25, 0.3) is 0 Å². The molecule has 1 rings (SSSR count). The van der Waals surface area contributed by atoms with Crippen molar-refractivity contribution in [2.75, 3.05) is 12.5 Å². The van der Waals surface area contributed by atoms with E-state index in [1.54, 1.807) is 19.2 Å². The molecule has 0 amide bonds. The lowest BCUT2D eigenvalue weighted by Crippen LogP contribution is -2.09. The first kappa shape index (κ1) is 9.16. The van der Waals surface area contributed by atoms with Crippen molar-refractivity contribution >= 4 is 17.3 Å². The van der Waals surface area contributed by atoms with Crippen molar-refractivity contribution in [2.24, 2.45) is 5.84 Å². The second-order valence-corrected chi connectivity index (χ2v) is 2.80. The van der Waals surface area contributed by atoms with Crippen molar-refractivity contribution in [2.45, 2.75) is 6.92 Å². The van der Waals surface area contributed by atoms with Crippen LogP contribution in [-0.4, -0.2) is 7.11 Å². The number of hydrogen-bond donors (Lipinski definition) is 2.